The Morgan fingerprint density at radius 2 is 2.04 bits per heavy atom. The van der Waals surface area contributed by atoms with Crippen molar-refractivity contribution in [2.75, 3.05) is 23.3 Å². The van der Waals surface area contributed by atoms with Gasteiger partial charge in [-0.25, -0.2) is 19.3 Å². The van der Waals surface area contributed by atoms with Crippen molar-refractivity contribution in [1.82, 2.24) is 24.7 Å². The van der Waals surface area contributed by atoms with E-state index in [9.17, 15) is 9.18 Å². The molecule has 4 rings (SSSR count). The number of aryl methyl sites for hydroxylation is 1. The van der Waals surface area contributed by atoms with Crippen molar-refractivity contribution in [1.29, 1.82) is 0 Å². The number of hydrogen-bond acceptors (Lipinski definition) is 6. The lowest BCUT2D eigenvalue weighted by molar-refractivity contribution is 0.102. The van der Waals surface area contributed by atoms with Crippen molar-refractivity contribution in [2.45, 2.75) is 32.9 Å². The molecule has 1 amide bonds. The first-order chi connectivity index (χ1) is 13.4. The van der Waals surface area contributed by atoms with Gasteiger partial charge in [-0.15, -0.1) is 0 Å². The second kappa shape index (κ2) is 7.16. The van der Waals surface area contributed by atoms with E-state index in [2.05, 4.69) is 44.3 Å². The molecule has 2 unspecified atom stereocenters. The number of carbonyl (C=O) groups is 1. The second-order valence-electron chi connectivity index (χ2n) is 7.23. The number of piperazine rings is 1. The Kier molecular flexibility index (Phi) is 4.68. The third kappa shape index (κ3) is 3.53. The highest BCUT2D eigenvalue weighted by atomic mass is 19.1. The maximum atomic E-state index is 14.2. The lowest BCUT2D eigenvalue weighted by Gasteiger charge is -2.37. The van der Waals surface area contributed by atoms with E-state index in [1.165, 1.54) is 18.5 Å². The van der Waals surface area contributed by atoms with Gasteiger partial charge in [0.25, 0.3) is 5.91 Å². The summed E-state index contributed by atoms with van der Waals surface area (Å²) in [5.41, 5.74) is 1.56. The molecule has 1 aliphatic rings. The smallest absolute Gasteiger partial charge is 0.258 e. The first kappa shape index (κ1) is 18.3. The number of hydrogen-bond donors (Lipinski definition) is 2. The van der Waals surface area contributed by atoms with E-state index in [1.807, 2.05) is 0 Å². The normalized spacial score (nSPS) is 19.8. The summed E-state index contributed by atoms with van der Waals surface area (Å²) in [7, 11) is 0. The monoisotopic (exact) mass is 383 g/mol. The highest BCUT2D eigenvalue weighted by Gasteiger charge is 2.24. The Morgan fingerprint density at radius 1 is 1.29 bits per heavy atom. The van der Waals surface area contributed by atoms with E-state index < -0.39 is 11.7 Å². The first-order valence-corrected chi connectivity index (χ1v) is 9.19. The number of imidazole rings is 1. The molecule has 8 nitrogen and oxygen atoms in total. The third-order valence-corrected chi connectivity index (χ3v) is 4.81. The van der Waals surface area contributed by atoms with Crippen LogP contribution in [-0.4, -0.2) is 50.4 Å². The largest absolute Gasteiger partial charge is 0.335 e. The lowest BCUT2D eigenvalue weighted by Crippen LogP contribution is -2.55. The molecule has 146 valence electrons. The third-order valence-electron chi connectivity index (χ3n) is 4.81. The molecule has 0 saturated carbocycles. The van der Waals surface area contributed by atoms with Crippen LogP contribution in [0.1, 0.15) is 29.9 Å². The number of halogens is 1. The van der Waals surface area contributed by atoms with Crippen LogP contribution in [0, 0.1) is 12.7 Å². The predicted octanol–water partition coefficient (Wildman–Crippen LogP) is 2.01. The van der Waals surface area contributed by atoms with Crippen LogP contribution in [0.25, 0.3) is 5.65 Å². The number of nitrogens with zero attached hydrogens (tertiary/aromatic N) is 5. The maximum absolute atomic E-state index is 14.2. The van der Waals surface area contributed by atoms with Crippen molar-refractivity contribution in [3.05, 3.63) is 47.9 Å². The van der Waals surface area contributed by atoms with Gasteiger partial charge in [0, 0.05) is 56.0 Å². The van der Waals surface area contributed by atoms with Gasteiger partial charge in [0.05, 0.1) is 16.9 Å². The molecule has 0 aliphatic carbocycles. The minimum absolute atomic E-state index is 0.225. The van der Waals surface area contributed by atoms with Crippen LogP contribution < -0.4 is 15.5 Å². The van der Waals surface area contributed by atoms with Crippen LogP contribution in [0.4, 0.5) is 16.0 Å². The van der Waals surface area contributed by atoms with Crippen LogP contribution >= 0.6 is 0 Å². The molecule has 2 N–H and O–H groups in total. The van der Waals surface area contributed by atoms with Crippen molar-refractivity contribution in [2.24, 2.45) is 0 Å². The topological polar surface area (TPSA) is 87.5 Å². The number of rotatable bonds is 3. The summed E-state index contributed by atoms with van der Waals surface area (Å²) in [4.78, 5) is 27.4. The molecule has 3 aromatic heterocycles. The molecule has 1 aliphatic heterocycles. The van der Waals surface area contributed by atoms with Gasteiger partial charge < -0.3 is 19.9 Å². The minimum Gasteiger partial charge on any atom is -0.335 e. The molecule has 1 saturated heterocycles. The number of aromatic nitrogens is 4. The average molecular weight is 383 g/mol. The Morgan fingerprint density at radius 3 is 2.79 bits per heavy atom. The molecular weight excluding hydrogens is 361 g/mol. The quantitative estimate of drug-likeness (QED) is 0.720. The molecule has 0 aromatic carbocycles. The summed E-state index contributed by atoms with van der Waals surface area (Å²) in [6, 6.07) is 1.86. The highest BCUT2D eigenvalue weighted by molar-refractivity contribution is 6.03. The van der Waals surface area contributed by atoms with E-state index in [-0.39, 0.29) is 11.7 Å². The van der Waals surface area contributed by atoms with Gasteiger partial charge in [-0.1, -0.05) is 0 Å². The fourth-order valence-corrected chi connectivity index (χ4v) is 3.34. The molecule has 2 atom stereocenters. The molecule has 3 aromatic rings. The minimum atomic E-state index is -0.501. The number of carbonyl (C=O) groups excluding carboxylic acids is 1. The van der Waals surface area contributed by atoms with E-state index in [1.54, 1.807) is 23.7 Å². The Hall–Kier alpha value is -3.07. The standard InChI is InChI=1S/C19H22FN7O/c1-11-9-27(13(3)5-21-11)19-22-6-14(7-23-19)18(28)25-15-4-16(20)17-24-12(2)8-26(17)10-15/h4,6-8,10-11,13,21H,5,9H2,1-3H3,(H,25,28). The van der Waals surface area contributed by atoms with Crippen molar-refractivity contribution >= 4 is 23.2 Å². The molecule has 0 bridgehead atoms. The van der Waals surface area contributed by atoms with E-state index in [4.69, 9.17) is 0 Å². The summed E-state index contributed by atoms with van der Waals surface area (Å²) >= 11 is 0. The molecule has 0 radical (unpaired) electrons. The zero-order valence-corrected chi connectivity index (χ0v) is 16.0. The van der Waals surface area contributed by atoms with Crippen molar-refractivity contribution in [3.8, 4) is 0 Å². The molecule has 9 heteroatoms. The highest BCUT2D eigenvalue weighted by Crippen LogP contribution is 2.18. The summed E-state index contributed by atoms with van der Waals surface area (Å²) in [6.45, 7) is 7.65. The van der Waals surface area contributed by atoms with Crippen LogP contribution in [0.2, 0.25) is 0 Å². The summed E-state index contributed by atoms with van der Waals surface area (Å²) in [6.07, 6.45) is 6.30. The average Bonchev–Trinajstić information content (AvgIpc) is 3.05. The molecular formula is C19H22FN7O. The van der Waals surface area contributed by atoms with Gasteiger partial charge >= 0.3 is 0 Å². The first-order valence-electron chi connectivity index (χ1n) is 9.19. The Labute approximate surface area is 161 Å². The van der Waals surface area contributed by atoms with Crippen LogP contribution in [0.15, 0.2) is 30.9 Å². The fourth-order valence-electron chi connectivity index (χ4n) is 3.34. The Balaban J connectivity index is 1.51. The molecule has 0 spiro atoms. The van der Waals surface area contributed by atoms with E-state index >= 15 is 0 Å². The molecule has 4 heterocycles. The maximum Gasteiger partial charge on any atom is 0.258 e. The van der Waals surface area contributed by atoms with Crippen molar-refractivity contribution in [3.63, 3.8) is 0 Å². The van der Waals surface area contributed by atoms with Crippen LogP contribution in [-0.2, 0) is 0 Å². The number of nitrogens with one attached hydrogen (secondary N) is 2. The predicted molar refractivity (Wildman–Crippen MR) is 104 cm³/mol. The SMILES string of the molecule is Cc1cn2cc(NC(=O)c3cnc(N4CC(C)NCC4C)nc3)cc(F)c2n1. The van der Waals surface area contributed by atoms with E-state index in [0.717, 1.165) is 13.1 Å². The number of fused-ring (bicyclic) bond motifs is 1. The van der Waals surface area contributed by atoms with Gasteiger partial charge in [0.15, 0.2) is 11.5 Å². The molecule has 1 fully saturated rings. The second-order valence-corrected chi connectivity index (χ2v) is 7.23. The fraction of sp³-hybridized carbons (Fsp3) is 0.368. The number of pyridine rings is 1. The number of amides is 1. The summed E-state index contributed by atoms with van der Waals surface area (Å²) < 4.78 is 15.7. The van der Waals surface area contributed by atoms with Gasteiger partial charge in [-0.2, -0.15) is 0 Å². The Bertz CT molecular complexity index is 1020. The van der Waals surface area contributed by atoms with Gasteiger partial charge in [-0.05, 0) is 20.8 Å². The van der Waals surface area contributed by atoms with Gasteiger partial charge in [0.1, 0.15) is 0 Å². The van der Waals surface area contributed by atoms with E-state index in [0.29, 0.717) is 28.9 Å². The lowest BCUT2D eigenvalue weighted by atomic mass is 10.1. The van der Waals surface area contributed by atoms with Crippen molar-refractivity contribution < 1.29 is 9.18 Å². The summed E-state index contributed by atoms with van der Waals surface area (Å²) in [5.74, 6) is -0.304. The van der Waals surface area contributed by atoms with Crippen LogP contribution in [0.5, 0.6) is 0 Å². The van der Waals surface area contributed by atoms with Gasteiger partial charge in [-0.3, -0.25) is 4.79 Å². The van der Waals surface area contributed by atoms with Gasteiger partial charge in [0.2, 0.25) is 5.95 Å². The number of anilines is 2. The zero-order valence-electron chi connectivity index (χ0n) is 16.0. The zero-order chi connectivity index (χ0) is 19.8. The summed E-state index contributed by atoms with van der Waals surface area (Å²) in [5, 5.41) is 6.09. The molecule has 28 heavy (non-hydrogen) atoms. The van der Waals surface area contributed by atoms with Crippen LogP contribution in [0.3, 0.4) is 0 Å².